The maximum absolute atomic E-state index is 15.2. The van der Waals surface area contributed by atoms with Crippen molar-refractivity contribution in [3.8, 4) is 5.75 Å². The minimum atomic E-state index is -1.11. The lowest BCUT2D eigenvalue weighted by molar-refractivity contribution is 0.186. The van der Waals surface area contributed by atoms with E-state index in [0.717, 1.165) is 18.9 Å². The molecule has 2 aliphatic rings. The number of ether oxygens (including phenoxy) is 1. The molecule has 1 aromatic heterocycles. The van der Waals surface area contributed by atoms with Crippen molar-refractivity contribution in [3.63, 3.8) is 0 Å². The summed E-state index contributed by atoms with van der Waals surface area (Å²) in [4.78, 5) is 38.0. The van der Waals surface area contributed by atoms with Crippen LogP contribution in [0, 0.1) is 11.7 Å². The van der Waals surface area contributed by atoms with E-state index in [9.17, 15) is 14.4 Å². The fourth-order valence-corrected chi connectivity index (χ4v) is 4.31. The monoisotopic (exact) mass is 421 g/mol. The van der Waals surface area contributed by atoms with E-state index < -0.39 is 23.2 Å². The van der Waals surface area contributed by atoms with Gasteiger partial charge in [0.05, 0.1) is 12.5 Å². The number of carbonyl (C=O) groups is 1. The normalized spacial score (nSPS) is 19.8. The van der Waals surface area contributed by atoms with Gasteiger partial charge in [-0.25, -0.2) is 14.0 Å². The van der Waals surface area contributed by atoms with Crippen molar-refractivity contribution >= 4 is 22.7 Å². The molecular formula is C19H24FN5O5. The fourth-order valence-electron chi connectivity index (χ4n) is 4.31. The van der Waals surface area contributed by atoms with Crippen LogP contribution in [0.15, 0.2) is 15.7 Å². The van der Waals surface area contributed by atoms with Gasteiger partial charge in [-0.05, 0) is 38.2 Å². The van der Waals surface area contributed by atoms with Crippen molar-refractivity contribution < 1.29 is 19.0 Å². The molecule has 0 spiro atoms. The van der Waals surface area contributed by atoms with Gasteiger partial charge in [0.1, 0.15) is 11.2 Å². The molecule has 1 aliphatic carbocycles. The van der Waals surface area contributed by atoms with E-state index in [4.69, 9.17) is 15.7 Å². The first-order valence-corrected chi connectivity index (χ1v) is 9.81. The summed E-state index contributed by atoms with van der Waals surface area (Å²) in [5, 5.41) is 11.4. The van der Waals surface area contributed by atoms with Gasteiger partial charge < -0.3 is 25.9 Å². The molecule has 30 heavy (non-hydrogen) atoms. The number of fused-ring (bicyclic) bond motifs is 1. The highest BCUT2D eigenvalue weighted by Gasteiger charge is 2.35. The van der Waals surface area contributed by atoms with E-state index >= 15 is 4.39 Å². The summed E-state index contributed by atoms with van der Waals surface area (Å²) >= 11 is 0. The zero-order chi connectivity index (χ0) is 21.7. The maximum atomic E-state index is 15.2. The Balaban J connectivity index is 1.86. The third-order valence-electron chi connectivity index (χ3n) is 6.00. The molecule has 1 saturated carbocycles. The van der Waals surface area contributed by atoms with Gasteiger partial charge in [-0.15, -0.1) is 0 Å². The van der Waals surface area contributed by atoms with Crippen LogP contribution in [0.1, 0.15) is 32.2 Å². The number of halogens is 1. The van der Waals surface area contributed by atoms with Gasteiger partial charge in [-0.2, -0.15) is 4.68 Å². The summed E-state index contributed by atoms with van der Waals surface area (Å²) in [5.74, 6) is 5.09. The Hall–Kier alpha value is -3.24. The number of benzene rings is 1. The molecule has 2 atom stereocenters. The number of hydrogen-bond donors (Lipinski definition) is 3. The molecule has 1 saturated heterocycles. The quantitative estimate of drug-likeness (QED) is 0.610. The molecular weight excluding hydrogens is 397 g/mol. The van der Waals surface area contributed by atoms with Crippen LogP contribution in [0.2, 0.25) is 0 Å². The number of nitrogens with zero attached hydrogens (tertiary/aromatic N) is 3. The number of nitrogens with two attached hydrogens (primary N) is 1. The van der Waals surface area contributed by atoms with Crippen LogP contribution >= 0.6 is 0 Å². The number of carboxylic acid groups (broad SMARTS) is 1. The second-order valence-corrected chi connectivity index (χ2v) is 7.93. The summed E-state index contributed by atoms with van der Waals surface area (Å²) in [6.45, 7) is 2.66. The first kappa shape index (κ1) is 20.0. The van der Waals surface area contributed by atoms with Gasteiger partial charge >= 0.3 is 11.8 Å². The number of aromatic nitrogens is 2. The van der Waals surface area contributed by atoms with Crippen molar-refractivity contribution in [2.24, 2.45) is 5.92 Å². The molecule has 2 heterocycles. The average Bonchev–Trinajstić information content (AvgIpc) is 3.41. The Morgan fingerprint density at radius 1 is 1.37 bits per heavy atom. The molecule has 0 radical (unpaired) electrons. The highest BCUT2D eigenvalue weighted by Crippen LogP contribution is 2.43. The van der Waals surface area contributed by atoms with Gasteiger partial charge in [-0.3, -0.25) is 9.36 Å². The molecule has 0 bridgehead atoms. The number of amides is 1. The summed E-state index contributed by atoms with van der Waals surface area (Å²) in [6.07, 6.45) is 1.06. The van der Waals surface area contributed by atoms with Crippen LogP contribution in [0.5, 0.6) is 5.75 Å². The molecule has 2 fully saturated rings. The molecule has 4 rings (SSSR count). The SMILES string of the molecule is COc1c(N2CC[C@H]([C@@H](C)NC(=O)O)C2)c(F)cc2c(=O)n(N)c(=O)n(C3CC3)c12. The Morgan fingerprint density at radius 2 is 2.07 bits per heavy atom. The lowest BCUT2D eigenvalue weighted by Crippen LogP contribution is -2.44. The van der Waals surface area contributed by atoms with Gasteiger partial charge in [-0.1, -0.05) is 0 Å². The number of rotatable bonds is 5. The second kappa shape index (κ2) is 7.22. The summed E-state index contributed by atoms with van der Waals surface area (Å²) in [5.41, 5.74) is -1.04. The predicted octanol–water partition coefficient (Wildman–Crippen LogP) is 0.842. The van der Waals surface area contributed by atoms with Crippen molar-refractivity contribution in [1.82, 2.24) is 14.6 Å². The van der Waals surface area contributed by atoms with Gasteiger partial charge in [0.25, 0.3) is 5.56 Å². The zero-order valence-corrected chi connectivity index (χ0v) is 16.7. The largest absolute Gasteiger partial charge is 0.492 e. The minimum absolute atomic E-state index is 0.0150. The fraction of sp³-hybridized carbons (Fsp3) is 0.526. The van der Waals surface area contributed by atoms with Crippen LogP contribution in [-0.2, 0) is 0 Å². The van der Waals surface area contributed by atoms with E-state index in [1.54, 1.807) is 11.8 Å². The van der Waals surface area contributed by atoms with E-state index in [2.05, 4.69) is 5.32 Å². The lowest BCUT2D eigenvalue weighted by atomic mass is 10.0. The van der Waals surface area contributed by atoms with Crippen LogP contribution in [-0.4, -0.2) is 46.7 Å². The van der Waals surface area contributed by atoms with Crippen LogP contribution in [0.3, 0.4) is 0 Å². The molecule has 1 aromatic carbocycles. The Morgan fingerprint density at radius 3 is 2.67 bits per heavy atom. The number of nitrogen functional groups attached to an aromatic ring is 1. The van der Waals surface area contributed by atoms with Crippen molar-refractivity contribution in [3.05, 3.63) is 32.7 Å². The van der Waals surface area contributed by atoms with Crippen LogP contribution in [0.25, 0.3) is 10.9 Å². The van der Waals surface area contributed by atoms with Crippen LogP contribution in [0.4, 0.5) is 14.9 Å². The molecule has 0 unspecified atom stereocenters. The average molecular weight is 421 g/mol. The number of methoxy groups -OCH3 is 1. The van der Waals surface area contributed by atoms with Crippen molar-refractivity contribution in [2.75, 3.05) is 30.9 Å². The molecule has 10 nitrogen and oxygen atoms in total. The number of anilines is 1. The second-order valence-electron chi connectivity index (χ2n) is 7.93. The Labute approximate surface area is 170 Å². The van der Waals surface area contributed by atoms with Crippen molar-refractivity contribution in [1.29, 1.82) is 0 Å². The molecule has 1 amide bonds. The summed E-state index contributed by atoms with van der Waals surface area (Å²) in [7, 11) is 1.37. The number of hydrogen-bond acceptors (Lipinski definition) is 6. The van der Waals surface area contributed by atoms with Gasteiger partial charge in [0.15, 0.2) is 11.6 Å². The molecule has 162 valence electrons. The third-order valence-corrected chi connectivity index (χ3v) is 6.00. The molecule has 4 N–H and O–H groups in total. The zero-order valence-electron chi connectivity index (χ0n) is 16.7. The first-order chi connectivity index (χ1) is 14.2. The Bertz CT molecular complexity index is 1140. The smallest absolute Gasteiger partial charge is 0.404 e. The molecule has 11 heteroatoms. The summed E-state index contributed by atoms with van der Waals surface area (Å²) in [6, 6.07) is 0.675. The molecule has 2 aromatic rings. The third kappa shape index (κ3) is 3.14. The van der Waals surface area contributed by atoms with E-state index in [-0.39, 0.29) is 40.3 Å². The van der Waals surface area contributed by atoms with Crippen molar-refractivity contribution in [2.45, 2.75) is 38.3 Å². The first-order valence-electron chi connectivity index (χ1n) is 9.81. The van der Waals surface area contributed by atoms with E-state index in [1.165, 1.54) is 11.7 Å². The highest BCUT2D eigenvalue weighted by atomic mass is 19.1. The van der Waals surface area contributed by atoms with Gasteiger partial charge in [0, 0.05) is 25.2 Å². The van der Waals surface area contributed by atoms with E-state index in [0.29, 0.717) is 24.2 Å². The predicted molar refractivity (Wildman–Crippen MR) is 108 cm³/mol. The standard InChI is InChI=1S/C19H24FN5O5/c1-9(22-18(27)28)10-5-6-23(8-10)15-13(20)7-12-14(16(15)30-2)24(11-3-4-11)19(29)25(21)17(12)26/h7,9-11,22H,3-6,8,21H2,1-2H3,(H,27,28)/t9-,10+/m1/s1. The molecule has 1 aliphatic heterocycles. The number of nitrogens with one attached hydrogen (secondary N) is 1. The van der Waals surface area contributed by atoms with Gasteiger partial charge in [0.2, 0.25) is 0 Å². The van der Waals surface area contributed by atoms with E-state index in [1.807, 2.05) is 0 Å². The maximum Gasteiger partial charge on any atom is 0.404 e. The summed E-state index contributed by atoms with van der Waals surface area (Å²) < 4.78 is 22.7. The Kier molecular flexibility index (Phi) is 4.83. The topological polar surface area (TPSA) is 132 Å². The minimum Gasteiger partial charge on any atom is -0.492 e. The lowest BCUT2D eigenvalue weighted by Gasteiger charge is -2.25. The van der Waals surface area contributed by atoms with Crippen LogP contribution < -0.4 is 32.0 Å². The highest BCUT2D eigenvalue weighted by molar-refractivity contribution is 5.91.